The van der Waals surface area contributed by atoms with Crippen LogP contribution in [-0.2, 0) is 16.8 Å². The minimum atomic E-state index is 0.0922. The Balaban J connectivity index is 1.34. The number of anilines is 1. The molecule has 30 heavy (non-hydrogen) atoms. The van der Waals surface area contributed by atoms with Crippen LogP contribution >= 0.6 is 23.2 Å². The molecule has 3 nitrogen and oxygen atoms in total. The van der Waals surface area contributed by atoms with Crippen molar-refractivity contribution in [3.05, 3.63) is 63.1 Å². The second kappa shape index (κ2) is 7.85. The first-order valence-corrected chi connectivity index (χ1v) is 11.8. The van der Waals surface area contributed by atoms with Gasteiger partial charge >= 0.3 is 0 Å². The molecule has 1 spiro atoms. The van der Waals surface area contributed by atoms with Crippen LogP contribution < -0.4 is 4.90 Å². The van der Waals surface area contributed by atoms with Crippen LogP contribution in [-0.4, -0.2) is 30.4 Å². The Bertz CT molecular complexity index is 977. The van der Waals surface area contributed by atoms with E-state index >= 15 is 0 Å². The molecule has 2 aromatic carbocycles. The van der Waals surface area contributed by atoms with E-state index in [1.807, 2.05) is 12.1 Å². The molecule has 1 saturated carbocycles. The van der Waals surface area contributed by atoms with E-state index in [4.69, 9.17) is 23.2 Å². The van der Waals surface area contributed by atoms with Gasteiger partial charge in [0, 0.05) is 30.1 Å². The Labute approximate surface area is 189 Å². The molecule has 0 unspecified atom stereocenters. The topological polar surface area (TPSA) is 23.6 Å². The number of halogens is 2. The maximum Gasteiger partial charge on any atom is 0.230 e. The molecule has 5 heteroatoms. The monoisotopic (exact) mass is 442 g/mol. The summed E-state index contributed by atoms with van der Waals surface area (Å²) < 4.78 is 0. The molecule has 2 heterocycles. The van der Waals surface area contributed by atoms with Crippen molar-refractivity contribution in [2.24, 2.45) is 5.92 Å². The van der Waals surface area contributed by atoms with E-state index in [1.54, 1.807) is 0 Å². The molecule has 5 rings (SSSR count). The van der Waals surface area contributed by atoms with Crippen LogP contribution in [0, 0.1) is 12.8 Å². The quantitative estimate of drug-likeness (QED) is 0.583. The Morgan fingerprint density at radius 3 is 2.50 bits per heavy atom. The summed E-state index contributed by atoms with van der Waals surface area (Å²) in [6.07, 6.45) is 5.47. The Morgan fingerprint density at radius 2 is 1.83 bits per heavy atom. The van der Waals surface area contributed by atoms with Crippen LogP contribution in [0.15, 0.2) is 36.4 Å². The van der Waals surface area contributed by atoms with Gasteiger partial charge in [-0.3, -0.25) is 9.69 Å². The molecule has 2 aromatic rings. The van der Waals surface area contributed by atoms with Crippen molar-refractivity contribution in [1.29, 1.82) is 0 Å². The van der Waals surface area contributed by atoms with Gasteiger partial charge in [-0.05, 0) is 75.0 Å². The summed E-state index contributed by atoms with van der Waals surface area (Å²) >= 11 is 12.3. The summed E-state index contributed by atoms with van der Waals surface area (Å²) in [4.78, 5) is 17.8. The van der Waals surface area contributed by atoms with Gasteiger partial charge in [-0.25, -0.2) is 0 Å². The summed E-state index contributed by atoms with van der Waals surface area (Å²) in [6, 6.07) is 12.6. The molecule has 0 radical (unpaired) electrons. The number of benzene rings is 2. The van der Waals surface area contributed by atoms with Gasteiger partial charge in [0.1, 0.15) is 0 Å². The standard InChI is InChI=1S/C25H28Cl2N2O/c1-17-5-8-23-20(13-17)25(16-29(23)24(30)19-3-2-4-19)9-11-28(12-10-25)15-18-6-7-21(26)22(27)14-18/h5-8,13-14,19H,2-4,9-12,15-16H2,1H3. The van der Waals surface area contributed by atoms with Gasteiger partial charge in [0.15, 0.2) is 0 Å². The van der Waals surface area contributed by atoms with Crippen LogP contribution in [0.4, 0.5) is 5.69 Å². The predicted molar refractivity (Wildman–Crippen MR) is 124 cm³/mol. The molecule has 1 aliphatic carbocycles. The number of likely N-dealkylation sites (tertiary alicyclic amines) is 1. The fourth-order valence-corrected chi connectivity index (χ4v) is 5.64. The zero-order chi connectivity index (χ0) is 20.9. The van der Waals surface area contributed by atoms with E-state index in [2.05, 4.69) is 41.0 Å². The van der Waals surface area contributed by atoms with Gasteiger partial charge in [0.25, 0.3) is 0 Å². The van der Waals surface area contributed by atoms with Gasteiger partial charge in [-0.1, -0.05) is 53.4 Å². The number of carbonyl (C=O) groups excluding carboxylic acids is 1. The largest absolute Gasteiger partial charge is 0.311 e. The first kappa shape index (κ1) is 20.4. The van der Waals surface area contributed by atoms with E-state index in [0.29, 0.717) is 16.0 Å². The minimum Gasteiger partial charge on any atom is -0.311 e. The van der Waals surface area contributed by atoms with Crippen molar-refractivity contribution in [2.75, 3.05) is 24.5 Å². The van der Waals surface area contributed by atoms with Gasteiger partial charge < -0.3 is 4.90 Å². The molecule has 0 N–H and O–H groups in total. The van der Waals surface area contributed by atoms with Crippen molar-refractivity contribution < 1.29 is 4.79 Å². The molecule has 0 aromatic heterocycles. The number of amides is 1. The molecule has 0 bridgehead atoms. The molecule has 158 valence electrons. The van der Waals surface area contributed by atoms with Gasteiger partial charge in [0.2, 0.25) is 5.91 Å². The summed E-state index contributed by atoms with van der Waals surface area (Å²) in [5.74, 6) is 0.588. The number of carbonyl (C=O) groups is 1. The number of piperidine rings is 1. The highest BCUT2D eigenvalue weighted by atomic mass is 35.5. The maximum atomic E-state index is 13.2. The third-order valence-electron chi connectivity index (χ3n) is 7.40. The lowest BCUT2D eigenvalue weighted by atomic mass is 9.74. The van der Waals surface area contributed by atoms with Crippen molar-refractivity contribution >= 4 is 34.8 Å². The van der Waals surface area contributed by atoms with E-state index in [9.17, 15) is 4.79 Å². The smallest absolute Gasteiger partial charge is 0.230 e. The van der Waals surface area contributed by atoms with Gasteiger partial charge in [0.05, 0.1) is 10.0 Å². The summed E-state index contributed by atoms with van der Waals surface area (Å²) in [5.41, 5.74) is 5.13. The average molecular weight is 443 g/mol. The Kier molecular flexibility index (Phi) is 5.33. The Hall–Kier alpha value is -1.55. The summed E-state index contributed by atoms with van der Waals surface area (Å²) in [6.45, 7) is 5.95. The summed E-state index contributed by atoms with van der Waals surface area (Å²) in [7, 11) is 0. The zero-order valence-electron chi connectivity index (χ0n) is 17.5. The molecule has 2 fully saturated rings. The van der Waals surface area contributed by atoms with Crippen molar-refractivity contribution in [3.8, 4) is 0 Å². The predicted octanol–water partition coefficient (Wildman–Crippen LogP) is 5.98. The molecular weight excluding hydrogens is 415 g/mol. The number of aryl methyl sites for hydroxylation is 1. The molecule has 2 aliphatic heterocycles. The van der Waals surface area contributed by atoms with E-state index in [1.165, 1.54) is 23.1 Å². The van der Waals surface area contributed by atoms with Gasteiger partial charge in [-0.15, -0.1) is 0 Å². The fourth-order valence-electron chi connectivity index (χ4n) is 5.32. The zero-order valence-corrected chi connectivity index (χ0v) is 19.0. The molecular formula is C25H28Cl2N2O. The third-order valence-corrected chi connectivity index (χ3v) is 8.14. The van der Waals surface area contributed by atoms with Crippen LogP contribution in [0.3, 0.4) is 0 Å². The second-order valence-electron chi connectivity index (χ2n) is 9.38. The molecule has 1 saturated heterocycles. The van der Waals surface area contributed by atoms with Gasteiger partial charge in [-0.2, -0.15) is 0 Å². The second-order valence-corrected chi connectivity index (χ2v) is 10.2. The first-order chi connectivity index (χ1) is 14.4. The lowest BCUT2D eigenvalue weighted by Gasteiger charge is -2.40. The number of fused-ring (bicyclic) bond motifs is 2. The third kappa shape index (κ3) is 3.55. The van der Waals surface area contributed by atoms with Crippen LogP contribution in [0.2, 0.25) is 10.0 Å². The van der Waals surface area contributed by atoms with E-state index < -0.39 is 0 Å². The highest BCUT2D eigenvalue weighted by molar-refractivity contribution is 6.42. The summed E-state index contributed by atoms with van der Waals surface area (Å²) in [5, 5.41) is 1.22. The lowest BCUT2D eigenvalue weighted by Crippen LogP contribution is -2.47. The number of hydrogen-bond donors (Lipinski definition) is 0. The average Bonchev–Trinajstić information content (AvgIpc) is 2.99. The van der Waals surface area contributed by atoms with Crippen molar-refractivity contribution in [1.82, 2.24) is 4.90 Å². The van der Waals surface area contributed by atoms with Crippen molar-refractivity contribution in [3.63, 3.8) is 0 Å². The minimum absolute atomic E-state index is 0.0922. The molecule has 0 atom stereocenters. The molecule has 1 amide bonds. The SMILES string of the molecule is Cc1ccc2c(c1)C1(CCN(Cc3ccc(Cl)c(Cl)c3)CC1)CN2C(=O)C1CCC1. The lowest BCUT2D eigenvalue weighted by molar-refractivity contribution is -0.124. The molecule has 3 aliphatic rings. The van der Waals surface area contributed by atoms with E-state index in [0.717, 1.165) is 57.5 Å². The highest BCUT2D eigenvalue weighted by Crippen LogP contribution is 2.48. The van der Waals surface area contributed by atoms with Crippen LogP contribution in [0.25, 0.3) is 0 Å². The first-order valence-electron chi connectivity index (χ1n) is 11.0. The number of rotatable bonds is 3. The van der Waals surface area contributed by atoms with Crippen LogP contribution in [0.1, 0.15) is 48.8 Å². The number of hydrogen-bond acceptors (Lipinski definition) is 2. The Morgan fingerprint density at radius 1 is 1.07 bits per heavy atom. The fraction of sp³-hybridized carbons (Fsp3) is 0.480. The highest BCUT2D eigenvalue weighted by Gasteiger charge is 2.47. The van der Waals surface area contributed by atoms with Crippen LogP contribution in [0.5, 0.6) is 0 Å². The van der Waals surface area contributed by atoms with E-state index in [-0.39, 0.29) is 11.3 Å². The normalized spacial score (nSPS) is 21.0. The number of nitrogens with zero attached hydrogens (tertiary/aromatic N) is 2. The maximum absolute atomic E-state index is 13.2. The van der Waals surface area contributed by atoms with Crippen molar-refractivity contribution in [2.45, 2.75) is 51.0 Å².